The summed E-state index contributed by atoms with van der Waals surface area (Å²) in [6.45, 7) is 3.83. The third-order valence-corrected chi connectivity index (χ3v) is 30.8. The molecule has 4 aliphatic carbocycles. The predicted octanol–water partition coefficient (Wildman–Crippen LogP) is 22.1. The molecule has 0 radical (unpaired) electrons. The largest absolute Gasteiger partial charge is 0.351 e. The van der Waals surface area contributed by atoms with E-state index in [4.69, 9.17) is 77.4 Å². The van der Waals surface area contributed by atoms with Crippen molar-refractivity contribution in [3.05, 3.63) is 340 Å². The molecular weight excluding hydrogens is 1890 g/mol. The summed E-state index contributed by atoms with van der Waals surface area (Å²) in [5, 5.41) is 47.9. The van der Waals surface area contributed by atoms with Gasteiger partial charge in [-0.05, 0) is 190 Å². The highest BCUT2D eigenvalue weighted by Crippen LogP contribution is 2.49. The Bertz CT molecular complexity index is 7860. The van der Waals surface area contributed by atoms with Gasteiger partial charge < -0.3 is 46.3 Å². The van der Waals surface area contributed by atoms with Crippen molar-refractivity contribution in [2.75, 3.05) is 62.4 Å². The Kier molecular flexibility index (Phi) is 24.5. The number of hydrogen-bond donors (Lipinski definition) is 7. The molecule has 4 fully saturated rings. The molecule has 7 aliphatic heterocycles. The number of aromatic nitrogens is 13. The van der Waals surface area contributed by atoms with Crippen molar-refractivity contribution in [1.82, 2.24) is 78.3 Å². The van der Waals surface area contributed by atoms with Gasteiger partial charge in [-0.2, -0.15) is 29.8 Å². The van der Waals surface area contributed by atoms with E-state index in [1.54, 1.807) is 18.2 Å². The maximum absolute atomic E-state index is 13.7. The number of hydrogen-bond acceptors (Lipinski definition) is 23. The smallest absolute Gasteiger partial charge is 0.270 e. The van der Waals surface area contributed by atoms with Crippen LogP contribution in [0.3, 0.4) is 0 Å². The maximum atomic E-state index is 13.7. The highest BCUT2D eigenvalue weighted by Gasteiger charge is 2.52. The van der Waals surface area contributed by atoms with Gasteiger partial charge in [0, 0.05) is 85.4 Å². The van der Waals surface area contributed by atoms with E-state index in [2.05, 4.69) is 143 Å². The fourth-order valence-corrected chi connectivity index (χ4v) is 23.2. The van der Waals surface area contributed by atoms with Gasteiger partial charge in [-0.15, -0.1) is 0 Å². The second-order valence-electron chi connectivity index (χ2n) is 39.1. The minimum absolute atomic E-state index is 0.0189. The normalized spacial score (nSPS) is 19.7. The molecule has 0 unspecified atom stereocenters. The highest BCUT2D eigenvalue weighted by molar-refractivity contribution is 7.81. The number of nitrogens with zero attached hydrogens (tertiary/aromatic N) is 21. The summed E-state index contributed by atoms with van der Waals surface area (Å²) in [6.07, 6.45) is 15.5. The van der Waals surface area contributed by atoms with Crippen molar-refractivity contribution in [3.63, 3.8) is 0 Å². The van der Waals surface area contributed by atoms with Gasteiger partial charge in [-0.3, -0.25) is 29.7 Å². The summed E-state index contributed by atoms with van der Waals surface area (Å²) < 4.78 is 52.0. The zero-order valence-electron chi connectivity index (χ0n) is 80.9. The molecule has 0 amide bonds. The second-order valence-corrected chi connectivity index (χ2v) is 40.3. The summed E-state index contributed by atoms with van der Waals surface area (Å²) in [6, 6.07) is 91.3. The average molecular weight is 2000 g/mol. The molecule has 16 aromatic rings. The van der Waals surface area contributed by atoms with Crippen molar-refractivity contribution >= 4 is 145 Å². The molecule has 8 aromatic heterocycles. The van der Waals surface area contributed by atoms with Crippen molar-refractivity contribution in [2.24, 2.45) is 15.0 Å². The van der Waals surface area contributed by atoms with E-state index in [1.165, 1.54) is 43.9 Å². The molecule has 8 atom stereocenters. The molecule has 0 saturated heterocycles. The first-order valence-corrected chi connectivity index (χ1v) is 51.3. The predicted molar refractivity (Wildman–Crippen MR) is 580 cm³/mol. The number of anilines is 12. The Hall–Kier alpha value is -15.8. The molecular formula is C112H107F3N28S3. The van der Waals surface area contributed by atoms with Crippen LogP contribution in [0.1, 0.15) is 135 Å². The van der Waals surface area contributed by atoms with Crippen molar-refractivity contribution < 1.29 is 13.2 Å². The van der Waals surface area contributed by atoms with Crippen LogP contribution in [-0.4, -0.2) is 170 Å². The standard InChI is InChI=1S/C29H26FN7S.C29H27N7S2.C28H26N8.C26H28F2N6/c1-35-28(38)25-26(31-20-7-3-2-4-8-20)36(34-27(25)37-23-11-5-10-22(23)33-29(35)37)17-18-13-15-19(16-14-18)21-9-6-12-24(30)32-21;1-34-28(38)25-26(30-20-7-3-2-4-8-20)35(33-27(25)36-23-11-5-10-22(23)32-29(34)36)17-18-13-15-19(16-14-18)21-9-6-12-24(37)31-21;29-25-24-26(31-20-7-2-1-3-8-20)35(17-18-12-14-19(15-13-18)21-9-4-5-16-30-21)34-27(24)36-23-11-6-10-22(23)32-28(36)33-25;1-26(27,28)18-13-11-17(12-14-18)15-33-23(29-19-7-4-3-5-8-19)20-16-32(2)25-30-21-9-6-10-22(21)34(25)24(20)31-33/h2-4,6-9,12-16,22-23,31H,5,10-11,17H2,1H3;2-4,6-9,12-16,22-23,30H,5,10-11,17H2,1H3,(H,31,37);1-5,7-9,12-16,22-23,31H,6,10-11,17H2,(H2,29,32,33);3-5,7-8,11-14,21-22,29H,6,9-10,15-16H2,1-2H3/t3*22-,23+;21-,22+/m1111/s1. The van der Waals surface area contributed by atoms with Gasteiger partial charge in [-0.25, -0.2) is 47.5 Å². The Labute approximate surface area is 858 Å². The topological polar surface area (TPSA) is 271 Å². The number of alkyl halides is 2. The first kappa shape index (κ1) is 92.6. The van der Waals surface area contributed by atoms with Crippen LogP contribution in [-0.2, 0) is 38.6 Å². The number of nitrogens with one attached hydrogen (secondary N) is 7. The van der Waals surface area contributed by atoms with Crippen LogP contribution < -0.4 is 46.8 Å². The Morgan fingerprint density at radius 2 is 0.842 bits per heavy atom. The molecule has 4 saturated carbocycles. The molecule has 15 heterocycles. The van der Waals surface area contributed by atoms with Crippen molar-refractivity contribution in [1.29, 1.82) is 5.41 Å². The minimum atomic E-state index is -2.85. The zero-order chi connectivity index (χ0) is 99.1. The summed E-state index contributed by atoms with van der Waals surface area (Å²) in [5.74, 6) is 6.49. The second kappa shape index (κ2) is 38.7. The lowest BCUT2D eigenvalue weighted by Gasteiger charge is -2.35. The van der Waals surface area contributed by atoms with Gasteiger partial charge >= 0.3 is 0 Å². The molecule has 0 spiro atoms. The molecule has 0 bridgehead atoms. The molecule has 7 N–H and O–H groups in total. The van der Waals surface area contributed by atoms with Crippen molar-refractivity contribution in [3.8, 4) is 33.8 Å². The van der Waals surface area contributed by atoms with E-state index in [-0.39, 0.29) is 11.1 Å². The van der Waals surface area contributed by atoms with Gasteiger partial charge in [-0.1, -0.05) is 225 Å². The molecule has 8 aromatic carbocycles. The van der Waals surface area contributed by atoms with Crippen LogP contribution in [0.15, 0.2) is 294 Å². The third kappa shape index (κ3) is 17.7. The quantitative estimate of drug-likeness (QED) is 0.0276. The first-order valence-electron chi connectivity index (χ1n) is 50.1. The molecule has 734 valence electrons. The van der Waals surface area contributed by atoms with Gasteiger partial charge in [0.25, 0.3) is 5.92 Å². The number of H-pyrrole nitrogens is 1. The van der Waals surface area contributed by atoms with Crippen LogP contribution in [0.4, 0.5) is 82.6 Å². The molecule has 146 heavy (non-hydrogen) atoms. The molecule has 28 nitrogen and oxygen atoms in total. The maximum Gasteiger partial charge on any atom is 0.270 e. The number of thiocarbonyl (C=S) groups is 2. The summed E-state index contributed by atoms with van der Waals surface area (Å²) in [7, 11) is 6.11. The number of fused-ring (bicyclic) bond motifs is 20. The Morgan fingerprint density at radius 3 is 1.34 bits per heavy atom. The number of halogens is 3. The zero-order valence-corrected chi connectivity index (χ0v) is 83.4. The SMILES string of the molecule is CN1C(=S)c2c(nn(Cc3ccc(-c4cccc(=S)[nH]4)cc3)c2Nc2ccccc2)N2C1=N[C@@H]1CCC[C@@H]12.CN1C(=S)c2c(nn(Cc3ccc(-c4cccc(F)n4)cc3)c2Nc2ccccc2)N2C1=N[C@@H]1CCC[C@@H]12.CN1Cc2c(nn(Cc3ccc(C(C)(F)F)cc3)c2Nc2ccccc2)N2C1=N[C@@H]1CCC[C@@H]12.N=c1nc2n(c3nn(Cc4ccc(-c5ccccn5)cc4)c(Nc4ccccc4)c13)[C@H]1CCC[C@H]1N2. The lowest BCUT2D eigenvalue weighted by Crippen LogP contribution is -2.51. The number of para-hydroxylation sites is 4. The van der Waals surface area contributed by atoms with Crippen LogP contribution in [0.25, 0.3) is 44.8 Å². The van der Waals surface area contributed by atoms with Gasteiger partial charge in [0.15, 0.2) is 28.6 Å². The van der Waals surface area contributed by atoms with Crippen LogP contribution in [0.5, 0.6) is 0 Å². The van der Waals surface area contributed by atoms with E-state index in [1.807, 2.05) is 220 Å². The van der Waals surface area contributed by atoms with Gasteiger partial charge in [0.05, 0.1) is 103 Å². The Morgan fingerprint density at radius 1 is 0.418 bits per heavy atom. The summed E-state index contributed by atoms with van der Waals surface area (Å²) in [5.41, 5.74) is 17.9. The molecule has 27 rings (SSSR count). The van der Waals surface area contributed by atoms with E-state index in [0.717, 1.165) is 233 Å². The molecule has 34 heteroatoms. The average Bonchev–Trinajstić information content (AvgIpc) is 1.57. The van der Waals surface area contributed by atoms with Gasteiger partial charge in [0.1, 0.15) is 43.3 Å². The van der Waals surface area contributed by atoms with E-state index in [9.17, 15) is 13.2 Å². The fourth-order valence-electron chi connectivity index (χ4n) is 22.4. The number of guanidine groups is 3. The number of benzene rings is 8. The lowest BCUT2D eigenvalue weighted by molar-refractivity contribution is 0.0174. The van der Waals surface area contributed by atoms with E-state index >= 15 is 0 Å². The van der Waals surface area contributed by atoms with E-state index in [0.29, 0.717) is 91.7 Å². The number of aliphatic imine (C=N–C) groups is 3. The lowest BCUT2D eigenvalue weighted by atomic mass is 10.1. The van der Waals surface area contributed by atoms with Crippen LogP contribution in [0, 0.1) is 16.0 Å². The number of rotatable bonds is 20. The van der Waals surface area contributed by atoms with Crippen LogP contribution in [0.2, 0.25) is 0 Å². The molecule has 11 aliphatic rings. The van der Waals surface area contributed by atoms with E-state index < -0.39 is 11.9 Å². The van der Waals surface area contributed by atoms with Crippen molar-refractivity contribution in [2.45, 2.75) is 171 Å². The monoisotopic (exact) mass is 2000 g/mol. The number of pyridine rings is 3. The first-order chi connectivity index (χ1) is 71.3. The number of aromatic amines is 1. The third-order valence-electron chi connectivity index (χ3n) is 29.6. The minimum Gasteiger partial charge on any atom is -0.351 e. The fraction of sp³-hybridized carbons (Fsp3) is 0.268. The van der Waals surface area contributed by atoms with Gasteiger partial charge in [0.2, 0.25) is 29.8 Å². The summed E-state index contributed by atoms with van der Waals surface area (Å²) >= 11 is 17.3. The van der Waals surface area contributed by atoms with Crippen LogP contribution >= 0.6 is 36.7 Å². The highest BCUT2D eigenvalue weighted by atomic mass is 32.1. The Balaban J connectivity index is 0.000000104. The summed E-state index contributed by atoms with van der Waals surface area (Å²) in [4.78, 5) is 46.2.